The number of amides is 1. The largest absolute Gasteiger partial charge is 0.465 e. The third-order valence-corrected chi connectivity index (χ3v) is 2.51. The van der Waals surface area contributed by atoms with Gasteiger partial charge in [-0.2, -0.15) is 0 Å². The standard InChI is InChI=1S/C13H17ClN2O3/c1-13(2,15)7-11(17)16-10-6-8(14)4-5-9(10)12(18)19-3/h4-6H,7,15H2,1-3H3,(H,16,17). The molecule has 104 valence electrons. The molecule has 0 saturated heterocycles. The number of carbonyl (C=O) groups excluding carboxylic acids is 2. The van der Waals surface area contributed by atoms with Crippen LogP contribution in [0, 0.1) is 0 Å². The van der Waals surface area contributed by atoms with E-state index >= 15 is 0 Å². The molecule has 0 unspecified atom stereocenters. The smallest absolute Gasteiger partial charge is 0.339 e. The van der Waals surface area contributed by atoms with E-state index in [4.69, 9.17) is 17.3 Å². The Bertz CT molecular complexity index is 495. The second kappa shape index (κ2) is 6.04. The van der Waals surface area contributed by atoms with Crippen LogP contribution in [0.4, 0.5) is 5.69 Å². The number of methoxy groups -OCH3 is 1. The molecule has 0 aliphatic carbocycles. The fourth-order valence-corrected chi connectivity index (χ4v) is 1.69. The fourth-order valence-electron chi connectivity index (χ4n) is 1.52. The number of carbonyl (C=O) groups is 2. The number of rotatable bonds is 4. The molecule has 0 bridgehead atoms. The van der Waals surface area contributed by atoms with Crippen LogP contribution in [0.15, 0.2) is 18.2 Å². The summed E-state index contributed by atoms with van der Waals surface area (Å²) in [4.78, 5) is 23.4. The van der Waals surface area contributed by atoms with E-state index in [-0.39, 0.29) is 17.9 Å². The Hall–Kier alpha value is -1.59. The molecule has 5 nitrogen and oxygen atoms in total. The average molecular weight is 285 g/mol. The Labute approximate surface area is 117 Å². The lowest BCUT2D eigenvalue weighted by molar-refractivity contribution is -0.117. The molecule has 0 aliphatic heterocycles. The van der Waals surface area contributed by atoms with E-state index in [1.54, 1.807) is 19.9 Å². The molecule has 0 aliphatic rings. The fraction of sp³-hybridized carbons (Fsp3) is 0.385. The number of nitrogens with two attached hydrogens (primary N) is 1. The highest BCUT2D eigenvalue weighted by atomic mass is 35.5. The average Bonchev–Trinajstić information content (AvgIpc) is 2.25. The van der Waals surface area contributed by atoms with Crippen LogP contribution in [0.25, 0.3) is 0 Å². The van der Waals surface area contributed by atoms with E-state index in [0.717, 1.165) is 0 Å². The Kier molecular flexibility index (Phi) is 4.91. The molecule has 0 heterocycles. The highest BCUT2D eigenvalue weighted by Crippen LogP contribution is 2.22. The van der Waals surface area contributed by atoms with Crippen molar-refractivity contribution < 1.29 is 14.3 Å². The zero-order valence-corrected chi connectivity index (χ0v) is 11.9. The van der Waals surface area contributed by atoms with Gasteiger partial charge >= 0.3 is 5.97 Å². The van der Waals surface area contributed by atoms with Crippen LogP contribution >= 0.6 is 11.6 Å². The zero-order chi connectivity index (χ0) is 14.6. The highest BCUT2D eigenvalue weighted by Gasteiger charge is 2.19. The van der Waals surface area contributed by atoms with Gasteiger partial charge in [-0.25, -0.2) is 4.79 Å². The van der Waals surface area contributed by atoms with Crippen LogP contribution in [-0.4, -0.2) is 24.5 Å². The Morgan fingerprint density at radius 1 is 1.42 bits per heavy atom. The molecular formula is C13H17ClN2O3. The zero-order valence-electron chi connectivity index (χ0n) is 11.1. The first-order valence-corrected chi connectivity index (χ1v) is 6.07. The molecule has 19 heavy (non-hydrogen) atoms. The van der Waals surface area contributed by atoms with Gasteiger partial charge in [0.2, 0.25) is 5.91 Å². The SMILES string of the molecule is COC(=O)c1ccc(Cl)cc1NC(=O)CC(C)(C)N. The van der Waals surface area contributed by atoms with Crippen LogP contribution in [-0.2, 0) is 9.53 Å². The minimum Gasteiger partial charge on any atom is -0.465 e. The number of benzene rings is 1. The van der Waals surface area contributed by atoms with Gasteiger partial charge in [-0.1, -0.05) is 11.6 Å². The van der Waals surface area contributed by atoms with Gasteiger partial charge in [0, 0.05) is 17.0 Å². The Morgan fingerprint density at radius 3 is 2.58 bits per heavy atom. The maximum Gasteiger partial charge on any atom is 0.339 e. The summed E-state index contributed by atoms with van der Waals surface area (Å²) in [6.45, 7) is 3.48. The van der Waals surface area contributed by atoms with E-state index < -0.39 is 11.5 Å². The van der Waals surface area contributed by atoms with Crippen LogP contribution in [0.3, 0.4) is 0 Å². The topological polar surface area (TPSA) is 81.4 Å². The van der Waals surface area contributed by atoms with Crippen molar-refractivity contribution in [3.63, 3.8) is 0 Å². The van der Waals surface area contributed by atoms with Gasteiger partial charge in [-0.05, 0) is 32.0 Å². The van der Waals surface area contributed by atoms with Crippen LogP contribution in [0.1, 0.15) is 30.6 Å². The normalized spacial score (nSPS) is 11.0. The molecule has 1 aromatic rings. The lowest BCUT2D eigenvalue weighted by Crippen LogP contribution is -2.36. The molecule has 0 spiro atoms. The van der Waals surface area contributed by atoms with Crippen molar-refractivity contribution in [1.82, 2.24) is 0 Å². The van der Waals surface area contributed by atoms with Gasteiger partial charge in [0.05, 0.1) is 18.4 Å². The third kappa shape index (κ3) is 4.89. The molecular weight excluding hydrogens is 268 g/mol. The first-order valence-electron chi connectivity index (χ1n) is 5.69. The van der Waals surface area contributed by atoms with Gasteiger partial charge < -0.3 is 15.8 Å². The maximum absolute atomic E-state index is 11.8. The number of esters is 1. The van der Waals surface area contributed by atoms with Gasteiger partial charge in [0.25, 0.3) is 0 Å². The molecule has 0 aromatic heterocycles. The summed E-state index contributed by atoms with van der Waals surface area (Å²) in [7, 11) is 1.27. The van der Waals surface area contributed by atoms with Crippen molar-refractivity contribution >= 4 is 29.2 Å². The first-order chi connectivity index (χ1) is 8.73. The predicted octanol–water partition coefficient (Wildman–Crippen LogP) is 2.19. The van der Waals surface area contributed by atoms with Crippen LogP contribution in [0.5, 0.6) is 0 Å². The molecule has 3 N–H and O–H groups in total. The summed E-state index contributed by atoms with van der Waals surface area (Å²) in [5.74, 6) is -0.834. The van der Waals surface area contributed by atoms with Crippen molar-refractivity contribution in [2.75, 3.05) is 12.4 Å². The summed E-state index contributed by atoms with van der Waals surface area (Å²) in [6, 6.07) is 4.54. The van der Waals surface area contributed by atoms with Crippen molar-refractivity contribution in [3.8, 4) is 0 Å². The first kappa shape index (κ1) is 15.5. The van der Waals surface area contributed by atoms with E-state index in [9.17, 15) is 9.59 Å². The Morgan fingerprint density at radius 2 is 2.05 bits per heavy atom. The second-order valence-electron chi connectivity index (χ2n) is 4.90. The van der Waals surface area contributed by atoms with E-state index in [0.29, 0.717) is 10.7 Å². The quantitative estimate of drug-likeness (QED) is 0.831. The molecule has 1 aromatic carbocycles. The van der Waals surface area contributed by atoms with Crippen molar-refractivity contribution in [3.05, 3.63) is 28.8 Å². The van der Waals surface area contributed by atoms with Gasteiger partial charge in [-0.15, -0.1) is 0 Å². The lowest BCUT2D eigenvalue weighted by atomic mass is 10.0. The number of halogens is 1. The van der Waals surface area contributed by atoms with Gasteiger partial charge in [0.15, 0.2) is 0 Å². The van der Waals surface area contributed by atoms with Gasteiger partial charge in [0.1, 0.15) is 0 Å². The molecule has 0 saturated carbocycles. The minimum atomic E-state index is -0.631. The summed E-state index contributed by atoms with van der Waals surface area (Å²) in [6.07, 6.45) is 0.125. The molecule has 0 radical (unpaired) electrons. The number of anilines is 1. The van der Waals surface area contributed by atoms with E-state index in [1.807, 2.05) is 0 Å². The monoisotopic (exact) mass is 284 g/mol. The molecule has 0 atom stereocenters. The summed E-state index contributed by atoms with van der Waals surface area (Å²) >= 11 is 5.85. The number of ether oxygens (including phenoxy) is 1. The summed E-state index contributed by atoms with van der Waals surface area (Å²) < 4.78 is 4.64. The van der Waals surface area contributed by atoms with Crippen molar-refractivity contribution in [2.24, 2.45) is 5.73 Å². The Balaban J connectivity index is 2.96. The minimum absolute atomic E-state index is 0.125. The molecule has 0 fully saturated rings. The highest BCUT2D eigenvalue weighted by molar-refractivity contribution is 6.31. The van der Waals surface area contributed by atoms with Gasteiger partial charge in [-0.3, -0.25) is 4.79 Å². The second-order valence-corrected chi connectivity index (χ2v) is 5.33. The lowest BCUT2D eigenvalue weighted by Gasteiger charge is -2.18. The van der Waals surface area contributed by atoms with Crippen molar-refractivity contribution in [1.29, 1.82) is 0 Å². The van der Waals surface area contributed by atoms with Crippen LogP contribution < -0.4 is 11.1 Å². The van der Waals surface area contributed by atoms with E-state index in [2.05, 4.69) is 10.1 Å². The molecule has 6 heteroatoms. The third-order valence-electron chi connectivity index (χ3n) is 2.28. The predicted molar refractivity (Wildman–Crippen MR) is 74.3 cm³/mol. The summed E-state index contributed by atoms with van der Waals surface area (Å²) in [5, 5.41) is 3.03. The van der Waals surface area contributed by atoms with E-state index in [1.165, 1.54) is 19.2 Å². The number of hydrogen-bond acceptors (Lipinski definition) is 4. The molecule has 1 amide bonds. The van der Waals surface area contributed by atoms with Crippen molar-refractivity contribution in [2.45, 2.75) is 25.8 Å². The number of hydrogen-bond donors (Lipinski definition) is 2. The maximum atomic E-state index is 11.8. The van der Waals surface area contributed by atoms with Crippen LogP contribution in [0.2, 0.25) is 5.02 Å². The summed E-state index contributed by atoms with van der Waals surface area (Å²) in [5.41, 5.74) is 5.69. The molecule has 1 rings (SSSR count). The number of nitrogens with one attached hydrogen (secondary N) is 1.